The lowest BCUT2D eigenvalue weighted by atomic mass is 9.97. The van der Waals surface area contributed by atoms with E-state index in [1.807, 2.05) is 0 Å². The highest BCUT2D eigenvalue weighted by Gasteiger charge is 2.45. The molecule has 134 valence electrons. The van der Waals surface area contributed by atoms with Crippen molar-refractivity contribution in [1.29, 1.82) is 0 Å². The number of carbonyl (C=O) groups excluding carboxylic acids is 1. The Balaban J connectivity index is 2.42. The van der Waals surface area contributed by atoms with E-state index in [2.05, 4.69) is 0 Å². The molecule has 5 nitrogen and oxygen atoms in total. The van der Waals surface area contributed by atoms with Gasteiger partial charge in [0.2, 0.25) is 0 Å². The number of hydrogen-bond donors (Lipinski definition) is 1. The number of sulfonamides is 1. The molecule has 0 radical (unpaired) electrons. The lowest BCUT2D eigenvalue weighted by Gasteiger charge is -2.15. The standard InChI is InChI=1S/C16H14F3NO4S/c1-24-14-9-5-8-12(15(21)11-6-3-2-4-7-11)13(14)10-20-25(22,23)16(17,18)19/h2-9,20H,10H2,1H3. The van der Waals surface area contributed by atoms with Crippen molar-refractivity contribution in [3.8, 4) is 5.75 Å². The van der Waals surface area contributed by atoms with Crippen molar-refractivity contribution >= 4 is 15.8 Å². The number of rotatable bonds is 6. The van der Waals surface area contributed by atoms with Crippen molar-refractivity contribution in [2.24, 2.45) is 0 Å². The first-order chi connectivity index (χ1) is 11.7. The molecule has 0 fully saturated rings. The van der Waals surface area contributed by atoms with Gasteiger partial charge in [-0.25, -0.2) is 13.1 Å². The Labute approximate surface area is 142 Å². The predicted octanol–water partition coefficient (Wildman–Crippen LogP) is 2.87. The number of benzene rings is 2. The fourth-order valence-electron chi connectivity index (χ4n) is 2.15. The van der Waals surface area contributed by atoms with Crippen LogP contribution in [0.3, 0.4) is 0 Å². The number of ether oxygens (including phenoxy) is 1. The molecule has 0 aliphatic heterocycles. The molecule has 0 amide bonds. The Bertz CT molecular complexity index is 865. The Morgan fingerprint density at radius 1 is 1.08 bits per heavy atom. The second kappa shape index (κ2) is 7.24. The second-order valence-corrected chi connectivity index (χ2v) is 6.71. The SMILES string of the molecule is COc1cccc(C(=O)c2ccccc2)c1CNS(=O)(=O)C(F)(F)F. The number of methoxy groups -OCH3 is 1. The highest BCUT2D eigenvalue weighted by atomic mass is 32.2. The summed E-state index contributed by atoms with van der Waals surface area (Å²) in [6.45, 7) is -0.736. The van der Waals surface area contributed by atoms with Gasteiger partial charge >= 0.3 is 15.5 Å². The van der Waals surface area contributed by atoms with Gasteiger partial charge in [0, 0.05) is 23.2 Å². The molecule has 0 bridgehead atoms. The zero-order chi connectivity index (χ0) is 18.7. The fourth-order valence-corrected chi connectivity index (χ4v) is 2.64. The van der Waals surface area contributed by atoms with Gasteiger partial charge in [-0.05, 0) is 6.07 Å². The molecule has 9 heteroatoms. The van der Waals surface area contributed by atoms with Crippen LogP contribution < -0.4 is 9.46 Å². The third-order valence-electron chi connectivity index (χ3n) is 3.38. The molecular formula is C16H14F3NO4S. The minimum Gasteiger partial charge on any atom is -0.496 e. The highest BCUT2D eigenvalue weighted by molar-refractivity contribution is 7.90. The van der Waals surface area contributed by atoms with Gasteiger partial charge in [0.05, 0.1) is 7.11 Å². The normalized spacial score (nSPS) is 12.0. The van der Waals surface area contributed by atoms with E-state index < -0.39 is 27.9 Å². The Morgan fingerprint density at radius 3 is 2.28 bits per heavy atom. The van der Waals surface area contributed by atoms with Crippen molar-refractivity contribution in [2.45, 2.75) is 12.1 Å². The third-order valence-corrected chi connectivity index (χ3v) is 4.51. The molecule has 0 aliphatic rings. The molecule has 0 aromatic heterocycles. The maximum absolute atomic E-state index is 12.6. The maximum Gasteiger partial charge on any atom is 0.511 e. The van der Waals surface area contributed by atoms with Crippen molar-refractivity contribution < 1.29 is 31.1 Å². The number of nitrogens with one attached hydrogen (secondary N) is 1. The molecule has 25 heavy (non-hydrogen) atoms. The van der Waals surface area contributed by atoms with E-state index in [0.717, 1.165) is 0 Å². The van der Waals surface area contributed by atoms with Gasteiger partial charge in [0.25, 0.3) is 0 Å². The quantitative estimate of drug-likeness (QED) is 0.791. The minimum atomic E-state index is -5.54. The van der Waals surface area contributed by atoms with Crippen LogP contribution in [0.1, 0.15) is 21.5 Å². The number of halogens is 3. The van der Waals surface area contributed by atoms with Gasteiger partial charge in [-0.2, -0.15) is 13.2 Å². The van der Waals surface area contributed by atoms with Gasteiger partial charge in [-0.15, -0.1) is 0 Å². The summed E-state index contributed by atoms with van der Waals surface area (Å²) >= 11 is 0. The van der Waals surface area contributed by atoms with Gasteiger partial charge in [0.15, 0.2) is 5.78 Å². The van der Waals surface area contributed by atoms with E-state index in [9.17, 15) is 26.4 Å². The third kappa shape index (κ3) is 4.18. The summed E-state index contributed by atoms with van der Waals surface area (Å²) in [5, 5.41) is 0. The summed E-state index contributed by atoms with van der Waals surface area (Å²) < 4.78 is 66.4. The number of carbonyl (C=O) groups is 1. The fraction of sp³-hybridized carbons (Fsp3) is 0.188. The molecule has 2 rings (SSSR count). The molecule has 0 saturated carbocycles. The summed E-state index contributed by atoms with van der Waals surface area (Å²) in [5.74, 6) is -0.354. The van der Waals surface area contributed by atoms with Crippen molar-refractivity contribution in [3.63, 3.8) is 0 Å². The first-order valence-corrected chi connectivity index (χ1v) is 8.47. The van der Waals surface area contributed by atoms with Crippen LogP contribution >= 0.6 is 0 Å². The van der Waals surface area contributed by atoms with Crippen LogP contribution in [0.4, 0.5) is 13.2 Å². The van der Waals surface area contributed by atoms with Crippen LogP contribution in [0.2, 0.25) is 0 Å². The zero-order valence-electron chi connectivity index (χ0n) is 13.0. The summed E-state index contributed by atoms with van der Waals surface area (Å²) in [7, 11) is -4.27. The van der Waals surface area contributed by atoms with Crippen molar-refractivity contribution in [2.75, 3.05) is 7.11 Å². The molecule has 0 aliphatic carbocycles. The summed E-state index contributed by atoms with van der Waals surface area (Å²) in [6, 6.07) is 12.4. The molecule has 2 aromatic carbocycles. The van der Waals surface area contributed by atoms with Crippen LogP contribution in [0.25, 0.3) is 0 Å². The second-order valence-electron chi connectivity index (χ2n) is 4.95. The van der Waals surface area contributed by atoms with Crippen LogP contribution in [-0.4, -0.2) is 26.8 Å². The molecule has 0 saturated heterocycles. The van der Waals surface area contributed by atoms with Crippen molar-refractivity contribution in [1.82, 2.24) is 4.72 Å². The molecule has 1 N–H and O–H groups in total. The van der Waals surface area contributed by atoms with Crippen LogP contribution in [0.15, 0.2) is 48.5 Å². The van der Waals surface area contributed by atoms with E-state index in [0.29, 0.717) is 5.56 Å². The average Bonchev–Trinajstić information content (AvgIpc) is 2.58. The van der Waals surface area contributed by atoms with Gasteiger partial charge < -0.3 is 4.74 Å². The highest BCUT2D eigenvalue weighted by Crippen LogP contribution is 2.27. The monoisotopic (exact) mass is 373 g/mol. The average molecular weight is 373 g/mol. The minimum absolute atomic E-state index is 0.0201. The first kappa shape index (κ1) is 18.9. The zero-order valence-corrected chi connectivity index (χ0v) is 13.8. The Hall–Kier alpha value is -2.39. The Kier molecular flexibility index (Phi) is 5.48. The summed E-state index contributed by atoms with van der Waals surface area (Å²) in [5.41, 5.74) is -5.06. The van der Waals surface area contributed by atoms with E-state index in [1.54, 1.807) is 30.3 Å². The van der Waals surface area contributed by atoms with E-state index in [4.69, 9.17) is 4.74 Å². The number of alkyl halides is 3. The molecule has 0 heterocycles. The molecule has 2 aromatic rings. The molecule has 0 spiro atoms. The van der Waals surface area contributed by atoms with E-state index in [1.165, 1.54) is 30.0 Å². The molecular weight excluding hydrogens is 359 g/mol. The van der Waals surface area contributed by atoms with E-state index >= 15 is 0 Å². The van der Waals surface area contributed by atoms with Gasteiger partial charge in [-0.1, -0.05) is 42.5 Å². The lowest BCUT2D eigenvalue weighted by Crippen LogP contribution is -2.36. The predicted molar refractivity (Wildman–Crippen MR) is 84.7 cm³/mol. The van der Waals surface area contributed by atoms with Gasteiger partial charge in [0.1, 0.15) is 5.75 Å². The molecule has 0 atom stereocenters. The van der Waals surface area contributed by atoms with Crippen molar-refractivity contribution in [3.05, 3.63) is 65.2 Å². The smallest absolute Gasteiger partial charge is 0.496 e. The maximum atomic E-state index is 12.6. The van der Waals surface area contributed by atoms with E-state index in [-0.39, 0.29) is 16.9 Å². The van der Waals surface area contributed by atoms with Crippen LogP contribution in [0.5, 0.6) is 5.75 Å². The number of hydrogen-bond acceptors (Lipinski definition) is 4. The van der Waals surface area contributed by atoms with Gasteiger partial charge in [-0.3, -0.25) is 4.79 Å². The first-order valence-electron chi connectivity index (χ1n) is 6.99. The topological polar surface area (TPSA) is 72.5 Å². The summed E-state index contributed by atoms with van der Waals surface area (Å²) in [4.78, 5) is 12.6. The summed E-state index contributed by atoms with van der Waals surface area (Å²) in [6.07, 6.45) is 0. The van der Waals surface area contributed by atoms with Crippen LogP contribution in [-0.2, 0) is 16.6 Å². The van der Waals surface area contributed by atoms with Crippen LogP contribution in [0, 0.1) is 0 Å². The largest absolute Gasteiger partial charge is 0.511 e. The lowest BCUT2D eigenvalue weighted by molar-refractivity contribution is -0.0448. The molecule has 0 unspecified atom stereocenters. The Morgan fingerprint density at radius 2 is 1.72 bits per heavy atom. The number of ketones is 1.